The number of rotatable bonds is 0. The molecule has 0 bridgehead atoms. The van der Waals surface area contributed by atoms with Crippen LogP contribution < -0.4 is 0 Å². The Bertz CT molecular complexity index is 79.8. The van der Waals surface area contributed by atoms with E-state index in [2.05, 4.69) is 18.8 Å². The summed E-state index contributed by atoms with van der Waals surface area (Å²) in [5, 5.41) is 0. The molecule has 1 heteroatoms. The number of hydrogen-bond donors (Lipinski definition) is 0. The molecule has 1 aliphatic carbocycles. The van der Waals surface area contributed by atoms with E-state index in [-0.39, 0.29) is 0 Å². The molecule has 0 aliphatic heterocycles. The van der Waals surface area contributed by atoms with Crippen LogP contribution in [-0.2, 0) is 0 Å². The van der Waals surface area contributed by atoms with Crippen LogP contribution in [0, 0.1) is 0 Å². The molecule has 26 valence electrons. The van der Waals surface area contributed by atoms with Crippen LogP contribution in [0.15, 0.2) is 12.2 Å². The molecule has 0 radical (unpaired) electrons. The highest BCUT2D eigenvalue weighted by molar-refractivity contribution is 7.81. The van der Waals surface area contributed by atoms with Gasteiger partial charge in [0.2, 0.25) is 0 Å². The summed E-state index contributed by atoms with van der Waals surface area (Å²) in [4.78, 5) is 1.06. The molecular formula is C4H4S. The lowest BCUT2D eigenvalue weighted by atomic mass is 10.7. The van der Waals surface area contributed by atoms with Gasteiger partial charge in [-0.25, -0.2) is 0 Å². The molecule has 0 aromatic rings. The third-order valence-corrected chi connectivity index (χ3v) is 1.08. The SMILES string of the molecule is C=C1CC1=S. The Labute approximate surface area is 36.5 Å². The van der Waals surface area contributed by atoms with Crippen molar-refractivity contribution < 1.29 is 0 Å². The maximum atomic E-state index is 4.67. The van der Waals surface area contributed by atoms with Crippen molar-refractivity contribution in [3.05, 3.63) is 12.2 Å². The molecule has 1 saturated carbocycles. The summed E-state index contributed by atoms with van der Waals surface area (Å²) in [7, 11) is 0. The second-order valence-electron chi connectivity index (χ2n) is 1.20. The molecular weight excluding hydrogens is 80.1 g/mol. The summed E-state index contributed by atoms with van der Waals surface area (Å²) >= 11 is 4.67. The van der Waals surface area contributed by atoms with Gasteiger partial charge >= 0.3 is 0 Å². The van der Waals surface area contributed by atoms with Crippen molar-refractivity contribution in [2.45, 2.75) is 6.42 Å². The first-order valence-electron chi connectivity index (χ1n) is 1.51. The first-order valence-corrected chi connectivity index (χ1v) is 1.92. The molecule has 0 saturated heterocycles. The van der Waals surface area contributed by atoms with Gasteiger partial charge in [0.25, 0.3) is 0 Å². The van der Waals surface area contributed by atoms with Crippen LogP contribution in [0.5, 0.6) is 0 Å². The van der Waals surface area contributed by atoms with Gasteiger partial charge in [-0.1, -0.05) is 18.8 Å². The predicted molar refractivity (Wildman–Crippen MR) is 26.4 cm³/mol. The summed E-state index contributed by atoms with van der Waals surface area (Å²) in [6.07, 6.45) is 1.01. The zero-order valence-corrected chi connectivity index (χ0v) is 3.64. The smallest absolute Gasteiger partial charge is 0.0225 e. The van der Waals surface area contributed by atoms with Crippen molar-refractivity contribution in [1.82, 2.24) is 0 Å². The van der Waals surface area contributed by atoms with Crippen LogP contribution >= 0.6 is 12.2 Å². The predicted octanol–water partition coefficient (Wildman–Crippen LogP) is 1.32. The van der Waals surface area contributed by atoms with E-state index >= 15 is 0 Å². The standard InChI is InChI=1S/C4H4S/c1-3-2-4(3)5/h1-2H2. The monoisotopic (exact) mass is 84.0 g/mol. The molecule has 0 aromatic heterocycles. The Morgan fingerprint density at radius 2 is 2.00 bits per heavy atom. The van der Waals surface area contributed by atoms with Gasteiger partial charge in [0, 0.05) is 11.3 Å². The molecule has 0 nitrogen and oxygen atoms in total. The minimum Gasteiger partial charge on any atom is -0.0943 e. The van der Waals surface area contributed by atoms with Crippen molar-refractivity contribution in [3.63, 3.8) is 0 Å². The normalized spacial score (nSPS) is 20.0. The number of thiocarbonyl (C=S) groups is 1. The van der Waals surface area contributed by atoms with Gasteiger partial charge in [-0.3, -0.25) is 0 Å². The summed E-state index contributed by atoms with van der Waals surface area (Å²) in [6, 6.07) is 0. The van der Waals surface area contributed by atoms with Crippen molar-refractivity contribution in [1.29, 1.82) is 0 Å². The summed E-state index contributed by atoms with van der Waals surface area (Å²) in [5.41, 5.74) is 1.15. The molecule has 5 heavy (non-hydrogen) atoms. The highest BCUT2D eigenvalue weighted by Gasteiger charge is 2.15. The average Bonchev–Trinajstić information content (AvgIpc) is 1.79. The first-order chi connectivity index (χ1) is 2.30. The van der Waals surface area contributed by atoms with E-state index in [1.165, 1.54) is 0 Å². The highest BCUT2D eigenvalue weighted by Crippen LogP contribution is 2.20. The zero-order chi connectivity index (χ0) is 3.86. The van der Waals surface area contributed by atoms with E-state index in [9.17, 15) is 0 Å². The molecule has 1 fully saturated rings. The van der Waals surface area contributed by atoms with Crippen LogP contribution in [0.3, 0.4) is 0 Å². The van der Waals surface area contributed by atoms with Crippen molar-refractivity contribution >= 4 is 17.1 Å². The van der Waals surface area contributed by atoms with Crippen molar-refractivity contribution in [2.75, 3.05) is 0 Å². The van der Waals surface area contributed by atoms with Crippen LogP contribution in [0.2, 0.25) is 0 Å². The summed E-state index contributed by atoms with van der Waals surface area (Å²) < 4.78 is 0. The molecule has 0 atom stereocenters. The third-order valence-electron chi connectivity index (χ3n) is 0.643. The lowest BCUT2D eigenvalue weighted by Gasteiger charge is -1.39. The minimum atomic E-state index is 1.01. The molecule has 0 spiro atoms. The number of allylic oxidation sites excluding steroid dienone is 1. The largest absolute Gasteiger partial charge is 0.0943 e. The summed E-state index contributed by atoms with van der Waals surface area (Å²) in [6.45, 7) is 3.61. The van der Waals surface area contributed by atoms with Crippen LogP contribution in [-0.4, -0.2) is 4.86 Å². The second-order valence-corrected chi connectivity index (χ2v) is 1.70. The van der Waals surface area contributed by atoms with Gasteiger partial charge in [-0.15, -0.1) is 0 Å². The maximum absolute atomic E-state index is 4.67. The van der Waals surface area contributed by atoms with Crippen LogP contribution in [0.1, 0.15) is 6.42 Å². The fourth-order valence-corrected chi connectivity index (χ4v) is 0.324. The molecule has 0 N–H and O–H groups in total. The zero-order valence-electron chi connectivity index (χ0n) is 2.82. The lowest BCUT2D eigenvalue weighted by molar-refractivity contribution is 1.77. The first kappa shape index (κ1) is 3.04. The Morgan fingerprint density at radius 1 is 1.80 bits per heavy atom. The van der Waals surface area contributed by atoms with Gasteiger partial charge in [-0.2, -0.15) is 0 Å². The van der Waals surface area contributed by atoms with Gasteiger partial charge in [-0.05, 0) is 5.57 Å². The van der Waals surface area contributed by atoms with E-state index in [0.29, 0.717) is 0 Å². The average molecular weight is 84.1 g/mol. The van der Waals surface area contributed by atoms with Gasteiger partial charge < -0.3 is 0 Å². The third kappa shape index (κ3) is 0.377. The quantitative estimate of drug-likeness (QED) is 0.315. The fourth-order valence-electron chi connectivity index (χ4n) is 0.150. The molecule has 0 unspecified atom stereocenters. The molecule has 0 heterocycles. The Morgan fingerprint density at radius 3 is 2.00 bits per heavy atom. The van der Waals surface area contributed by atoms with E-state index in [1.54, 1.807) is 0 Å². The van der Waals surface area contributed by atoms with Crippen molar-refractivity contribution in [3.8, 4) is 0 Å². The van der Waals surface area contributed by atoms with E-state index in [1.807, 2.05) is 0 Å². The topological polar surface area (TPSA) is 0 Å². The van der Waals surface area contributed by atoms with Crippen LogP contribution in [0.25, 0.3) is 0 Å². The van der Waals surface area contributed by atoms with E-state index < -0.39 is 0 Å². The van der Waals surface area contributed by atoms with Gasteiger partial charge in [0.05, 0.1) is 0 Å². The Kier molecular flexibility index (Phi) is 0.399. The Balaban J connectivity index is 2.81. The highest BCUT2D eigenvalue weighted by atomic mass is 32.1. The molecule has 0 amide bonds. The molecule has 1 rings (SSSR count). The van der Waals surface area contributed by atoms with E-state index in [4.69, 9.17) is 0 Å². The second kappa shape index (κ2) is 0.658. The minimum absolute atomic E-state index is 1.01. The van der Waals surface area contributed by atoms with Gasteiger partial charge in [0.15, 0.2) is 0 Å². The number of hydrogen-bond acceptors (Lipinski definition) is 1. The maximum Gasteiger partial charge on any atom is 0.0225 e. The van der Waals surface area contributed by atoms with E-state index in [0.717, 1.165) is 16.9 Å². The molecule has 0 aromatic carbocycles. The van der Waals surface area contributed by atoms with Crippen LogP contribution in [0.4, 0.5) is 0 Å². The molecule has 1 aliphatic rings. The summed E-state index contributed by atoms with van der Waals surface area (Å²) in [5.74, 6) is 0. The van der Waals surface area contributed by atoms with Gasteiger partial charge in [0.1, 0.15) is 0 Å². The fraction of sp³-hybridized carbons (Fsp3) is 0.250. The Hall–Kier alpha value is -0.170. The lowest BCUT2D eigenvalue weighted by Crippen LogP contribution is -1.39. The van der Waals surface area contributed by atoms with Crippen molar-refractivity contribution in [2.24, 2.45) is 0 Å².